The van der Waals surface area contributed by atoms with E-state index in [0.29, 0.717) is 29.4 Å². The molecule has 124 valence electrons. The van der Waals surface area contributed by atoms with E-state index < -0.39 is 4.92 Å². The number of benzene rings is 2. The van der Waals surface area contributed by atoms with Gasteiger partial charge in [0.05, 0.1) is 10.5 Å². The van der Waals surface area contributed by atoms with Crippen LogP contribution in [0.4, 0.5) is 10.1 Å². The highest BCUT2D eigenvalue weighted by molar-refractivity contribution is 6.19. The second kappa shape index (κ2) is 5.66. The van der Waals surface area contributed by atoms with Crippen molar-refractivity contribution in [3.8, 4) is 0 Å². The fourth-order valence-corrected chi connectivity index (χ4v) is 3.23. The summed E-state index contributed by atoms with van der Waals surface area (Å²) >= 11 is 0. The summed E-state index contributed by atoms with van der Waals surface area (Å²) in [6.45, 7) is 0. The number of nitrogens with zero attached hydrogens (tertiary/aromatic N) is 1. The fraction of sp³-hybridized carbons (Fsp3) is 0.105. The van der Waals surface area contributed by atoms with Crippen LogP contribution in [-0.2, 0) is 6.42 Å². The molecular weight excluding hydrogens is 323 g/mol. The minimum absolute atomic E-state index is 0.00603. The molecule has 0 spiro atoms. The van der Waals surface area contributed by atoms with Crippen molar-refractivity contribution in [3.05, 3.63) is 80.8 Å². The van der Waals surface area contributed by atoms with Gasteiger partial charge in [0.25, 0.3) is 5.69 Å². The third-order valence-corrected chi connectivity index (χ3v) is 4.45. The summed E-state index contributed by atoms with van der Waals surface area (Å²) in [5.41, 5.74) is 3.44. The van der Waals surface area contributed by atoms with Crippen molar-refractivity contribution in [2.24, 2.45) is 0 Å². The van der Waals surface area contributed by atoms with Crippen LogP contribution in [-0.4, -0.2) is 15.7 Å². The Hall–Kier alpha value is -3.28. The van der Waals surface area contributed by atoms with Crippen LogP contribution >= 0.6 is 0 Å². The molecule has 0 saturated heterocycles. The number of non-ortho nitro benzene ring substituents is 1. The van der Waals surface area contributed by atoms with Crippen molar-refractivity contribution in [2.75, 3.05) is 0 Å². The zero-order chi connectivity index (χ0) is 17.6. The van der Waals surface area contributed by atoms with Gasteiger partial charge >= 0.3 is 0 Å². The maximum Gasteiger partial charge on any atom is 0.269 e. The number of hydrogen-bond donors (Lipinski definition) is 1. The Morgan fingerprint density at radius 2 is 1.88 bits per heavy atom. The molecule has 5 nitrogen and oxygen atoms in total. The van der Waals surface area contributed by atoms with Gasteiger partial charge in [0.1, 0.15) is 5.82 Å². The minimum atomic E-state index is -0.463. The molecule has 0 fully saturated rings. The highest BCUT2D eigenvalue weighted by Gasteiger charge is 2.26. The number of H-pyrrole nitrogens is 1. The first-order valence-electron chi connectivity index (χ1n) is 7.83. The number of Topliss-reactive ketones (excluding diaryl/α,β-unsaturated/α-hetero) is 1. The second-order valence-electron chi connectivity index (χ2n) is 6.02. The zero-order valence-corrected chi connectivity index (χ0v) is 13.1. The first-order chi connectivity index (χ1) is 12.0. The van der Waals surface area contributed by atoms with E-state index in [0.717, 1.165) is 16.8 Å². The lowest BCUT2D eigenvalue weighted by Gasteiger charge is -2.14. The van der Waals surface area contributed by atoms with E-state index in [1.165, 1.54) is 24.3 Å². The van der Waals surface area contributed by atoms with Crippen LogP contribution in [0.25, 0.3) is 17.0 Å². The van der Waals surface area contributed by atoms with E-state index in [1.54, 1.807) is 24.3 Å². The maximum absolute atomic E-state index is 13.6. The summed E-state index contributed by atoms with van der Waals surface area (Å²) < 4.78 is 13.6. The van der Waals surface area contributed by atoms with E-state index >= 15 is 0 Å². The van der Waals surface area contributed by atoms with E-state index in [4.69, 9.17) is 0 Å². The summed E-state index contributed by atoms with van der Waals surface area (Å²) in [6, 6.07) is 10.4. The predicted molar refractivity (Wildman–Crippen MR) is 92.0 cm³/mol. The summed E-state index contributed by atoms with van der Waals surface area (Å²) in [7, 11) is 0. The number of nitrogens with one attached hydrogen (secondary N) is 1. The Morgan fingerprint density at radius 1 is 1.12 bits per heavy atom. The summed E-state index contributed by atoms with van der Waals surface area (Å²) in [5.74, 6) is -0.509. The number of carbonyl (C=O) groups excluding carboxylic acids is 1. The minimum Gasteiger partial charge on any atom is -0.358 e. The van der Waals surface area contributed by atoms with Crippen molar-refractivity contribution in [1.82, 2.24) is 4.98 Å². The molecule has 1 N–H and O–H groups in total. The smallest absolute Gasteiger partial charge is 0.269 e. The molecule has 0 aliphatic heterocycles. The van der Waals surface area contributed by atoms with E-state index in [-0.39, 0.29) is 17.3 Å². The van der Waals surface area contributed by atoms with Gasteiger partial charge in [-0.3, -0.25) is 14.9 Å². The highest BCUT2D eigenvalue weighted by Crippen LogP contribution is 2.32. The standard InChI is InChI=1S/C19H13FN2O3/c20-13-4-8-16-15(10-13)18-17(21-16)7-3-12(19(18)23)9-11-1-5-14(6-2-11)22(24)25/h1-2,4-6,8-10,21H,3,7H2. The molecule has 1 aliphatic carbocycles. The van der Waals surface area contributed by atoms with E-state index in [2.05, 4.69) is 4.98 Å². The largest absolute Gasteiger partial charge is 0.358 e. The number of aromatic nitrogens is 1. The molecule has 3 aromatic rings. The molecular formula is C19H13FN2O3. The van der Waals surface area contributed by atoms with E-state index in [9.17, 15) is 19.3 Å². The van der Waals surface area contributed by atoms with E-state index in [1.807, 2.05) is 0 Å². The monoisotopic (exact) mass is 336 g/mol. The molecule has 4 rings (SSSR count). The predicted octanol–water partition coefficient (Wildman–Crippen LogP) is 4.43. The number of allylic oxidation sites excluding steroid dienone is 1. The lowest BCUT2D eigenvalue weighted by Crippen LogP contribution is -2.13. The van der Waals surface area contributed by atoms with Crippen LogP contribution in [0.1, 0.15) is 28.0 Å². The number of aryl methyl sites for hydroxylation is 1. The molecule has 0 saturated carbocycles. The number of ketones is 1. The van der Waals surface area contributed by atoms with Crippen LogP contribution in [0.5, 0.6) is 0 Å². The quantitative estimate of drug-likeness (QED) is 0.427. The molecule has 0 radical (unpaired) electrons. The molecule has 6 heteroatoms. The first kappa shape index (κ1) is 15.3. The number of carbonyl (C=O) groups is 1. The Bertz CT molecular complexity index is 1050. The maximum atomic E-state index is 13.6. The summed E-state index contributed by atoms with van der Waals surface area (Å²) in [5, 5.41) is 11.3. The molecule has 0 atom stereocenters. The second-order valence-corrected chi connectivity index (χ2v) is 6.02. The van der Waals surface area contributed by atoms with Gasteiger partial charge < -0.3 is 4.98 Å². The topological polar surface area (TPSA) is 76.0 Å². The van der Waals surface area contributed by atoms with Crippen LogP contribution in [0.3, 0.4) is 0 Å². The molecule has 1 aliphatic rings. The normalized spacial score (nSPS) is 15.6. The van der Waals surface area contributed by atoms with Gasteiger partial charge in [0.2, 0.25) is 0 Å². The first-order valence-corrected chi connectivity index (χ1v) is 7.83. The van der Waals surface area contributed by atoms with Crippen LogP contribution in [0.15, 0.2) is 48.0 Å². The van der Waals surface area contributed by atoms with Crippen molar-refractivity contribution < 1.29 is 14.1 Å². The number of halogens is 1. The molecule has 1 aromatic heterocycles. The van der Waals surface area contributed by atoms with Crippen molar-refractivity contribution in [2.45, 2.75) is 12.8 Å². The Balaban J connectivity index is 1.74. The average molecular weight is 336 g/mol. The lowest BCUT2D eigenvalue weighted by atomic mass is 9.88. The van der Waals surface area contributed by atoms with Gasteiger partial charge in [0, 0.05) is 34.3 Å². The van der Waals surface area contributed by atoms with Crippen molar-refractivity contribution >= 4 is 28.4 Å². The van der Waals surface area contributed by atoms with Crippen LogP contribution in [0, 0.1) is 15.9 Å². The number of aromatic amines is 1. The van der Waals surface area contributed by atoms with Gasteiger partial charge in [-0.05, 0) is 54.8 Å². The molecule has 0 amide bonds. The van der Waals surface area contributed by atoms with Crippen LogP contribution in [0.2, 0.25) is 0 Å². The molecule has 25 heavy (non-hydrogen) atoms. The van der Waals surface area contributed by atoms with Crippen molar-refractivity contribution in [1.29, 1.82) is 0 Å². The van der Waals surface area contributed by atoms with Crippen LogP contribution < -0.4 is 0 Å². The molecule has 0 unspecified atom stereocenters. The van der Waals surface area contributed by atoms with Gasteiger partial charge in [-0.15, -0.1) is 0 Å². The van der Waals surface area contributed by atoms with Gasteiger partial charge in [0.15, 0.2) is 5.78 Å². The zero-order valence-electron chi connectivity index (χ0n) is 13.1. The summed E-state index contributed by atoms with van der Waals surface area (Å²) in [4.78, 5) is 26.3. The van der Waals surface area contributed by atoms with Gasteiger partial charge in [-0.25, -0.2) is 4.39 Å². The molecule has 0 bridgehead atoms. The highest BCUT2D eigenvalue weighted by atomic mass is 19.1. The molecule has 1 heterocycles. The Kier molecular flexibility index (Phi) is 3.46. The molecule has 2 aromatic carbocycles. The number of fused-ring (bicyclic) bond motifs is 3. The number of nitro benzene ring substituents is 1. The van der Waals surface area contributed by atoms with Gasteiger partial charge in [-0.2, -0.15) is 0 Å². The number of hydrogen-bond acceptors (Lipinski definition) is 3. The number of rotatable bonds is 2. The fourth-order valence-electron chi connectivity index (χ4n) is 3.23. The van der Waals surface area contributed by atoms with Gasteiger partial charge in [-0.1, -0.05) is 0 Å². The van der Waals surface area contributed by atoms with Crippen molar-refractivity contribution in [3.63, 3.8) is 0 Å². The number of nitro groups is 1. The lowest BCUT2D eigenvalue weighted by molar-refractivity contribution is -0.384. The third-order valence-electron chi connectivity index (χ3n) is 4.45. The Morgan fingerprint density at radius 3 is 2.60 bits per heavy atom. The average Bonchev–Trinajstić information content (AvgIpc) is 2.96. The summed E-state index contributed by atoms with van der Waals surface area (Å²) in [6.07, 6.45) is 2.97. The SMILES string of the molecule is O=C1C(=Cc2ccc([N+](=O)[O-])cc2)CCc2[nH]c3ccc(F)cc3c21. The Labute approximate surface area is 141 Å². The third kappa shape index (κ3) is 2.61.